The molecule has 0 saturated carbocycles. The van der Waals surface area contributed by atoms with Gasteiger partial charge in [-0.05, 0) is 42.8 Å². The molecule has 2 aromatic rings. The molecule has 0 bridgehead atoms. The number of carbonyl (C=O) groups is 2. The maximum Gasteiger partial charge on any atom is 0.363 e. The van der Waals surface area contributed by atoms with E-state index in [2.05, 4.69) is 10.3 Å². The molecule has 1 aliphatic heterocycles. The number of hydrogen-bond acceptors (Lipinski definition) is 6. The van der Waals surface area contributed by atoms with Crippen molar-refractivity contribution in [3.63, 3.8) is 0 Å². The van der Waals surface area contributed by atoms with Crippen LogP contribution in [0.4, 0.5) is 0 Å². The summed E-state index contributed by atoms with van der Waals surface area (Å²) in [4.78, 5) is 27.9. The summed E-state index contributed by atoms with van der Waals surface area (Å²) in [6.45, 7) is 2.26. The van der Waals surface area contributed by atoms with Gasteiger partial charge >= 0.3 is 5.97 Å². The van der Waals surface area contributed by atoms with E-state index in [9.17, 15) is 9.59 Å². The van der Waals surface area contributed by atoms with E-state index < -0.39 is 5.97 Å². The number of rotatable bonds is 7. The Balaban J connectivity index is 1.79. The Labute approximate surface area is 162 Å². The van der Waals surface area contributed by atoms with Crippen molar-refractivity contribution in [3.8, 4) is 11.5 Å². The summed E-state index contributed by atoms with van der Waals surface area (Å²) in [5, 5.41) is 2.65. The van der Waals surface area contributed by atoms with E-state index in [1.807, 2.05) is 37.3 Å². The van der Waals surface area contributed by atoms with Crippen LogP contribution in [0.15, 0.2) is 59.2 Å². The largest absolute Gasteiger partial charge is 0.493 e. The topological polar surface area (TPSA) is 86.2 Å². The molecule has 2 aromatic carbocycles. The third kappa shape index (κ3) is 4.56. The summed E-state index contributed by atoms with van der Waals surface area (Å²) in [6.07, 6.45) is 1.61. The van der Waals surface area contributed by atoms with Crippen LogP contribution >= 0.6 is 0 Å². The van der Waals surface area contributed by atoms with Gasteiger partial charge in [-0.1, -0.05) is 24.3 Å². The van der Waals surface area contributed by atoms with Gasteiger partial charge in [0.15, 0.2) is 23.8 Å². The van der Waals surface area contributed by atoms with Gasteiger partial charge < -0.3 is 19.5 Å². The Kier molecular flexibility index (Phi) is 6.06. The average molecular weight is 380 g/mol. The summed E-state index contributed by atoms with van der Waals surface area (Å²) in [6, 6.07) is 14.3. The lowest BCUT2D eigenvalue weighted by Crippen LogP contribution is -2.28. The third-order valence-electron chi connectivity index (χ3n) is 3.87. The Morgan fingerprint density at radius 2 is 1.96 bits per heavy atom. The van der Waals surface area contributed by atoms with Gasteiger partial charge in [-0.2, -0.15) is 0 Å². The number of nitrogens with one attached hydrogen (secondary N) is 1. The molecule has 0 unspecified atom stereocenters. The van der Waals surface area contributed by atoms with Crippen molar-refractivity contribution >= 4 is 23.9 Å². The smallest absolute Gasteiger partial charge is 0.363 e. The fraction of sp³-hybridized carbons (Fsp3) is 0.190. The number of aliphatic imine (C=N–C) groups is 1. The molecular formula is C21H20N2O5. The lowest BCUT2D eigenvalue weighted by Gasteiger charge is -2.11. The summed E-state index contributed by atoms with van der Waals surface area (Å²) in [5.41, 5.74) is 1.61. The van der Waals surface area contributed by atoms with Crippen LogP contribution in [0.25, 0.3) is 6.08 Å². The number of likely N-dealkylation sites (N-methyl/N-ethyl adjacent to an activating group) is 1. The van der Waals surface area contributed by atoms with E-state index in [1.54, 1.807) is 24.3 Å². The van der Waals surface area contributed by atoms with Crippen LogP contribution in [-0.4, -0.2) is 38.0 Å². The minimum absolute atomic E-state index is 0.109. The SMILES string of the molecule is CCNC(=O)COc1ccc(/C=C2\N=C(c3ccccc3)OC2=O)cc1OC. The van der Waals surface area contributed by atoms with Crippen molar-refractivity contribution in [2.24, 2.45) is 4.99 Å². The summed E-state index contributed by atoms with van der Waals surface area (Å²) in [7, 11) is 1.50. The van der Waals surface area contributed by atoms with Crippen LogP contribution in [-0.2, 0) is 14.3 Å². The average Bonchev–Trinajstić information content (AvgIpc) is 3.08. The molecule has 0 atom stereocenters. The van der Waals surface area contributed by atoms with E-state index >= 15 is 0 Å². The van der Waals surface area contributed by atoms with E-state index in [-0.39, 0.29) is 24.1 Å². The molecule has 28 heavy (non-hydrogen) atoms. The van der Waals surface area contributed by atoms with Gasteiger partial charge in [0.05, 0.1) is 7.11 Å². The molecule has 0 spiro atoms. The Morgan fingerprint density at radius 3 is 2.68 bits per heavy atom. The van der Waals surface area contributed by atoms with Gasteiger partial charge in [-0.25, -0.2) is 9.79 Å². The summed E-state index contributed by atoms with van der Waals surface area (Å²) >= 11 is 0. The standard InChI is InChI=1S/C21H20N2O5/c1-3-22-19(24)13-27-17-10-9-14(12-18(17)26-2)11-16-21(25)28-20(23-16)15-7-5-4-6-8-15/h4-12H,3,13H2,1-2H3,(H,22,24)/b16-11-. The second-order valence-electron chi connectivity index (χ2n) is 5.85. The predicted molar refractivity (Wildman–Crippen MR) is 104 cm³/mol. The number of cyclic esters (lactones) is 1. The van der Waals surface area contributed by atoms with E-state index in [0.717, 1.165) is 5.56 Å². The van der Waals surface area contributed by atoms with Gasteiger partial charge in [0, 0.05) is 12.1 Å². The Bertz CT molecular complexity index is 935. The van der Waals surface area contributed by atoms with Gasteiger partial charge in [0.25, 0.3) is 5.91 Å². The first-order valence-electron chi connectivity index (χ1n) is 8.76. The lowest BCUT2D eigenvalue weighted by atomic mass is 10.1. The summed E-state index contributed by atoms with van der Waals surface area (Å²) in [5.74, 6) is 0.406. The highest BCUT2D eigenvalue weighted by molar-refractivity contribution is 6.12. The van der Waals surface area contributed by atoms with Gasteiger partial charge in [0.1, 0.15) is 0 Å². The zero-order valence-corrected chi connectivity index (χ0v) is 15.6. The molecule has 0 aliphatic carbocycles. The second kappa shape index (κ2) is 8.85. The van der Waals surface area contributed by atoms with Crippen molar-refractivity contribution in [1.29, 1.82) is 0 Å². The van der Waals surface area contributed by atoms with Crippen LogP contribution in [0.2, 0.25) is 0 Å². The molecule has 7 heteroatoms. The molecule has 1 heterocycles. The van der Waals surface area contributed by atoms with E-state index in [0.29, 0.717) is 23.6 Å². The highest BCUT2D eigenvalue weighted by atomic mass is 16.6. The molecule has 3 rings (SSSR count). The number of ether oxygens (including phenoxy) is 3. The number of methoxy groups -OCH3 is 1. The molecular weight excluding hydrogens is 360 g/mol. The Hall–Kier alpha value is -3.61. The second-order valence-corrected chi connectivity index (χ2v) is 5.85. The number of benzene rings is 2. The molecule has 0 fully saturated rings. The fourth-order valence-electron chi connectivity index (χ4n) is 2.56. The fourth-order valence-corrected chi connectivity index (χ4v) is 2.56. The predicted octanol–water partition coefficient (Wildman–Crippen LogP) is 2.55. The van der Waals surface area contributed by atoms with E-state index in [4.69, 9.17) is 14.2 Å². The Morgan fingerprint density at radius 1 is 1.18 bits per heavy atom. The molecule has 0 radical (unpaired) electrons. The first-order chi connectivity index (χ1) is 13.6. The van der Waals surface area contributed by atoms with Crippen LogP contribution in [0.1, 0.15) is 18.1 Å². The van der Waals surface area contributed by atoms with Crippen molar-refractivity contribution in [3.05, 3.63) is 65.4 Å². The normalized spacial score (nSPS) is 14.4. The van der Waals surface area contributed by atoms with Crippen molar-refractivity contribution in [2.45, 2.75) is 6.92 Å². The van der Waals surface area contributed by atoms with Crippen LogP contribution in [0, 0.1) is 0 Å². The van der Waals surface area contributed by atoms with Crippen LogP contribution in [0.3, 0.4) is 0 Å². The highest BCUT2D eigenvalue weighted by Crippen LogP contribution is 2.29. The molecule has 144 valence electrons. The lowest BCUT2D eigenvalue weighted by molar-refractivity contribution is -0.130. The maximum absolute atomic E-state index is 12.1. The molecule has 0 aromatic heterocycles. The zero-order chi connectivity index (χ0) is 19.9. The van der Waals surface area contributed by atoms with Crippen molar-refractivity contribution in [1.82, 2.24) is 5.32 Å². The van der Waals surface area contributed by atoms with Crippen LogP contribution in [0.5, 0.6) is 11.5 Å². The van der Waals surface area contributed by atoms with Gasteiger partial charge in [0.2, 0.25) is 5.90 Å². The number of carbonyl (C=O) groups excluding carboxylic acids is 2. The van der Waals surface area contributed by atoms with Crippen LogP contribution < -0.4 is 14.8 Å². The van der Waals surface area contributed by atoms with Gasteiger partial charge in [-0.15, -0.1) is 0 Å². The van der Waals surface area contributed by atoms with Gasteiger partial charge in [-0.3, -0.25) is 4.79 Å². The summed E-state index contributed by atoms with van der Waals surface area (Å²) < 4.78 is 16.1. The first kappa shape index (κ1) is 19.2. The minimum atomic E-state index is -0.519. The maximum atomic E-state index is 12.1. The first-order valence-corrected chi connectivity index (χ1v) is 8.76. The number of amides is 1. The number of hydrogen-bond donors (Lipinski definition) is 1. The number of esters is 1. The third-order valence-corrected chi connectivity index (χ3v) is 3.87. The minimum Gasteiger partial charge on any atom is -0.493 e. The zero-order valence-electron chi connectivity index (χ0n) is 15.6. The molecule has 1 N–H and O–H groups in total. The molecule has 7 nitrogen and oxygen atoms in total. The molecule has 0 saturated heterocycles. The molecule has 1 amide bonds. The number of nitrogens with zero attached hydrogens (tertiary/aromatic N) is 1. The van der Waals surface area contributed by atoms with E-state index in [1.165, 1.54) is 7.11 Å². The monoisotopic (exact) mass is 380 g/mol. The highest BCUT2D eigenvalue weighted by Gasteiger charge is 2.24. The molecule has 1 aliphatic rings. The quantitative estimate of drug-likeness (QED) is 0.589. The van der Waals surface area contributed by atoms with Crippen molar-refractivity contribution < 1.29 is 23.8 Å². The van der Waals surface area contributed by atoms with Crippen molar-refractivity contribution in [2.75, 3.05) is 20.3 Å².